The number of carboxylic acids is 1. The molecule has 5 heteroatoms. The van der Waals surface area contributed by atoms with Gasteiger partial charge in [0.1, 0.15) is 0 Å². The predicted molar refractivity (Wildman–Crippen MR) is 111 cm³/mol. The molecule has 0 aromatic rings. The number of aliphatic carboxylic acids is 1. The summed E-state index contributed by atoms with van der Waals surface area (Å²) in [6, 6.07) is 0. The van der Waals surface area contributed by atoms with E-state index < -0.39 is 5.97 Å². The Labute approximate surface area is 164 Å². The molecule has 1 rings (SSSR count). The van der Waals surface area contributed by atoms with Crippen molar-refractivity contribution in [3.8, 4) is 0 Å². The maximum Gasteiger partial charge on any atom is 0.313 e. The van der Waals surface area contributed by atoms with Crippen molar-refractivity contribution in [3.63, 3.8) is 0 Å². The van der Waals surface area contributed by atoms with Crippen molar-refractivity contribution in [2.75, 3.05) is 18.1 Å². The molecule has 0 atom stereocenters. The summed E-state index contributed by atoms with van der Waals surface area (Å²) in [4.78, 5) is 22.7. The lowest BCUT2D eigenvalue weighted by Crippen LogP contribution is -2.28. The molecule has 1 aliphatic carbocycles. The summed E-state index contributed by atoms with van der Waals surface area (Å²) < 4.78 is 0. The fraction of sp³-hybridized carbons (Fsp3) is 0.905. The van der Waals surface area contributed by atoms with Gasteiger partial charge < -0.3 is 10.4 Å². The van der Waals surface area contributed by atoms with Gasteiger partial charge in [0.2, 0.25) is 5.91 Å². The summed E-state index contributed by atoms with van der Waals surface area (Å²) >= 11 is 1.36. The smallest absolute Gasteiger partial charge is 0.313 e. The molecule has 0 aliphatic heterocycles. The van der Waals surface area contributed by atoms with E-state index in [9.17, 15) is 9.59 Å². The normalized spacial score (nSPS) is 19.2. The van der Waals surface area contributed by atoms with Crippen LogP contribution >= 0.6 is 11.8 Å². The molecule has 0 bridgehead atoms. The molecule has 4 nitrogen and oxygen atoms in total. The Morgan fingerprint density at radius 1 is 0.808 bits per heavy atom. The molecule has 152 valence electrons. The topological polar surface area (TPSA) is 66.4 Å². The third-order valence-electron chi connectivity index (χ3n) is 5.24. The highest BCUT2D eigenvalue weighted by atomic mass is 32.2. The lowest BCUT2D eigenvalue weighted by Gasteiger charge is -2.17. The number of hydrogen-bond donors (Lipinski definition) is 2. The van der Waals surface area contributed by atoms with Crippen molar-refractivity contribution in [2.24, 2.45) is 5.92 Å². The predicted octanol–water partition coefficient (Wildman–Crippen LogP) is 5.40. The molecule has 0 aromatic carbocycles. The highest BCUT2D eigenvalue weighted by molar-refractivity contribution is 7.99. The average Bonchev–Trinajstić information content (AvgIpc) is 2.61. The van der Waals surface area contributed by atoms with Gasteiger partial charge in [0.25, 0.3) is 0 Å². The van der Waals surface area contributed by atoms with Gasteiger partial charge in [-0.1, -0.05) is 77.0 Å². The summed E-state index contributed by atoms with van der Waals surface area (Å²) in [6.45, 7) is 0.573. The summed E-state index contributed by atoms with van der Waals surface area (Å²) in [5, 5.41) is 11.6. The van der Waals surface area contributed by atoms with Crippen molar-refractivity contribution in [2.45, 2.75) is 96.3 Å². The van der Waals surface area contributed by atoms with E-state index in [2.05, 4.69) is 5.32 Å². The first-order valence-electron chi connectivity index (χ1n) is 10.7. The minimum atomic E-state index is -0.795. The van der Waals surface area contributed by atoms with Gasteiger partial charge in [-0.05, 0) is 18.8 Å². The lowest BCUT2D eigenvalue weighted by molar-refractivity contribution is -0.133. The number of nitrogens with one attached hydrogen (secondary N) is 1. The molecule has 0 aromatic heterocycles. The van der Waals surface area contributed by atoms with Crippen LogP contribution < -0.4 is 5.32 Å². The molecule has 2 N–H and O–H groups in total. The van der Waals surface area contributed by atoms with Crippen LogP contribution in [0.3, 0.4) is 0 Å². The van der Waals surface area contributed by atoms with Gasteiger partial charge in [-0.3, -0.25) is 9.59 Å². The molecule has 0 spiro atoms. The van der Waals surface area contributed by atoms with Crippen molar-refractivity contribution >= 4 is 23.6 Å². The largest absolute Gasteiger partial charge is 0.481 e. The van der Waals surface area contributed by atoms with Crippen molar-refractivity contribution < 1.29 is 14.7 Å². The number of carbonyl (C=O) groups is 2. The Kier molecular flexibility index (Phi) is 14.8. The molecule has 0 saturated heterocycles. The first kappa shape index (κ1) is 23.3. The van der Waals surface area contributed by atoms with Crippen LogP contribution in [0.1, 0.15) is 96.3 Å². The number of rotatable bonds is 7. The summed E-state index contributed by atoms with van der Waals surface area (Å²) in [7, 11) is 0. The monoisotopic (exact) mass is 385 g/mol. The van der Waals surface area contributed by atoms with Crippen LogP contribution in [0.2, 0.25) is 0 Å². The van der Waals surface area contributed by atoms with Crippen LogP contribution in [0.25, 0.3) is 0 Å². The second-order valence-electron chi connectivity index (χ2n) is 7.69. The third kappa shape index (κ3) is 14.5. The fourth-order valence-corrected chi connectivity index (χ4v) is 4.30. The molecule has 1 fully saturated rings. The molecule has 1 amide bonds. The van der Waals surface area contributed by atoms with Gasteiger partial charge >= 0.3 is 5.97 Å². The van der Waals surface area contributed by atoms with Crippen LogP contribution in [-0.4, -0.2) is 35.0 Å². The summed E-state index contributed by atoms with van der Waals surface area (Å²) in [6.07, 6.45) is 19.2. The Hall–Kier alpha value is -0.710. The number of amides is 1. The van der Waals surface area contributed by atoms with Gasteiger partial charge in [-0.25, -0.2) is 0 Å². The van der Waals surface area contributed by atoms with Crippen LogP contribution in [0.15, 0.2) is 0 Å². The quantitative estimate of drug-likeness (QED) is 0.576. The van der Waals surface area contributed by atoms with Crippen molar-refractivity contribution in [1.29, 1.82) is 0 Å². The van der Waals surface area contributed by atoms with E-state index in [4.69, 9.17) is 5.11 Å². The Morgan fingerprint density at radius 2 is 1.27 bits per heavy atom. The average molecular weight is 386 g/mol. The molecule has 26 heavy (non-hydrogen) atoms. The Balaban J connectivity index is 2.25. The zero-order valence-electron chi connectivity index (χ0n) is 16.5. The Bertz CT molecular complexity index is 360. The lowest BCUT2D eigenvalue weighted by atomic mass is 9.91. The van der Waals surface area contributed by atoms with E-state index in [1.54, 1.807) is 0 Å². The van der Waals surface area contributed by atoms with Gasteiger partial charge in [-0.15, -0.1) is 11.8 Å². The van der Waals surface area contributed by atoms with E-state index >= 15 is 0 Å². The van der Waals surface area contributed by atoms with Gasteiger partial charge in [0, 0.05) is 18.7 Å². The highest BCUT2D eigenvalue weighted by Gasteiger charge is 2.14. The molecule has 0 unspecified atom stereocenters. The third-order valence-corrected chi connectivity index (χ3v) is 6.19. The maximum absolute atomic E-state index is 12.2. The molecule has 1 saturated carbocycles. The Morgan fingerprint density at radius 3 is 1.73 bits per heavy atom. The zero-order valence-corrected chi connectivity index (χ0v) is 17.3. The van der Waals surface area contributed by atoms with E-state index in [-0.39, 0.29) is 11.7 Å². The summed E-state index contributed by atoms with van der Waals surface area (Å²) in [5.74, 6) is 0.647. The standard InChI is InChI=1S/C21H39NO3S/c23-20(22-15-16-26-18-21(24)25)17-19-13-11-9-7-5-3-1-2-4-6-8-10-12-14-19/h19H,1-18H2,(H,22,23)(H,24,25). The number of thioether (sulfide) groups is 1. The molecular weight excluding hydrogens is 346 g/mol. The van der Waals surface area contributed by atoms with E-state index in [0.29, 0.717) is 24.6 Å². The maximum atomic E-state index is 12.2. The fourth-order valence-electron chi connectivity index (χ4n) is 3.74. The molecule has 0 radical (unpaired) electrons. The molecular formula is C21H39NO3S. The van der Waals surface area contributed by atoms with Gasteiger partial charge in [-0.2, -0.15) is 0 Å². The van der Waals surface area contributed by atoms with E-state index in [1.165, 1.54) is 102 Å². The summed E-state index contributed by atoms with van der Waals surface area (Å²) in [5.41, 5.74) is 0. The number of hydrogen-bond acceptors (Lipinski definition) is 3. The SMILES string of the molecule is O=C(O)CSCCNC(=O)CC1CCCCCCCCCCCCCC1. The second-order valence-corrected chi connectivity index (χ2v) is 8.79. The van der Waals surface area contributed by atoms with Gasteiger partial charge in [0.15, 0.2) is 0 Å². The highest BCUT2D eigenvalue weighted by Crippen LogP contribution is 2.23. The van der Waals surface area contributed by atoms with E-state index in [1.807, 2.05) is 0 Å². The number of carboxylic acid groups (broad SMARTS) is 1. The first-order chi connectivity index (χ1) is 12.7. The van der Waals surface area contributed by atoms with Crippen molar-refractivity contribution in [3.05, 3.63) is 0 Å². The van der Waals surface area contributed by atoms with Crippen LogP contribution in [0, 0.1) is 5.92 Å². The first-order valence-corrected chi connectivity index (χ1v) is 11.9. The van der Waals surface area contributed by atoms with Crippen LogP contribution in [0.4, 0.5) is 0 Å². The minimum Gasteiger partial charge on any atom is -0.481 e. The number of carbonyl (C=O) groups excluding carboxylic acids is 1. The second kappa shape index (κ2) is 16.5. The van der Waals surface area contributed by atoms with Crippen LogP contribution in [0.5, 0.6) is 0 Å². The zero-order chi connectivity index (χ0) is 18.9. The van der Waals surface area contributed by atoms with Crippen LogP contribution in [-0.2, 0) is 9.59 Å². The minimum absolute atomic E-state index is 0.110. The van der Waals surface area contributed by atoms with Crippen molar-refractivity contribution in [1.82, 2.24) is 5.32 Å². The molecule has 1 aliphatic rings. The van der Waals surface area contributed by atoms with Gasteiger partial charge in [0.05, 0.1) is 5.75 Å². The molecule has 0 heterocycles. The van der Waals surface area contributed by atoms with E-state index in [0.717, 1.165) is 0 Å².